The van der Waals surface area contributed by atoms with Crippen LogP contribution < -0.4 is 0 Å². The molecule has 66 valence electrons. The van der Waals surface area contributed by atoms with Crippen molar-refractivity contribution in [2.24, 2.45) is 0 Å². The molecule has 0 amide bonds. The van der Waals surface area contributed by atoms with Gasteiger partial charge in [-0.05, 0) is 13.8 Å². The summed E-state index contributed by atoms with van der Waals surface area (Å²) >= 11 is 3.12. The lowest BCUT2D eigenvalue weighted by atomic mass is 10.1. The molecule has 0 bridgehead atoms. The van der Waals surface area contributed by atoms with Crippen LogP contribution in [0.5, 0.6) is 0 Å². The summed E-state index contributed by atoms with van der Waals surface area (Å²) in [6.07, 6.45) is 0.0417. The van der Waals surface area contributed by atoms with Crippen LogP contribution in [0.2, 0.25) is 0 Å². The molecule has 0 rings (SSSR count). The highest BCUT2D eigenvalue weighted by molar-refractivity contribution is 9.09. The van der Waals surface area contributed by atoms with Gasteiger partial charge in [-0.2, -0.15) is 0 Å². The molecule has 1 N–H and O–H groups in total. The Labute approximate surface area is 74.9 Å². The summed E-state index contributed by atoms with van der Waals surface area (Å²) in [5, 5.41) is 9.80. The Morgan fingerprint density at radius 3 is 2.55 bits per heavy atom. The van der Waals surface area contributed by atoms with Crippen LogP contribution in [0.15, 0.2) is 0 Å². The van der Waals surface area contributed by atoms with E-state index in [2.05, 4.69) is 15.9 Å². The molecule has 3 nitrogen and oxygen atoms in total. The molecule has 0 unspecified atom stereocenters. The number of alkyl halides is 1. The van der Waals surface area contributed by atoms with E-state index in [-0.39, 0.29) is 12.4 Å². The molecular formula is C7H13BrO3. The molecule has 0 aliphatic rings. The second kappa shape index (κ2) is 4.72. The molecule has 0 aromatic carbocycles. The topological polar surface area (TPSA) is 46.5 Å². The smallest absolute Gasteiger partial charge is 0.308 e. The highest BCUT2D eigenvalue weighted by atomic mass is 79.9. The summed E-state index contributed by atoms with van der Waals surface area (Å²) in [5.41, 5.74) is -0.969. The summed E-state index contributed by atoms with van der Waals surface area (Å²) in [4.78, 5) is 10.8. The summed E-state index contributed by atoms with van der Waals surface area (Å²) < 4.78 is 4.72. The highest BCUT2D eigenvalue weighted by Crippen LogP contribution is 2.07. The van der Waals surface area contributed by atoms with Gasteiger partial charge >= 0.3 is 5.97 Å². The largest absolute Gasteiger partial charge is 0.465 e. The fourth-order valence-corrected chi connectivity index (χ4v) is 0.719. The molecular weight excluding hydrogens is 212 g/mol. The number of halogens is 1. The van der Waals surface area contributed by atoms with Gasteiger partial charge in [-0.25, -0.2) is 0 Å². The Balaban J connectivity index is 3.53. The maximum Gasteiger partial charge on any atom is 0.308 e. The lowest BCUT2D eigenvalue weighted by Crippen LogP contribution is -2.24. The molecule has 0 saturated heterocycles. The average molecular weight is 225 g/mol. The number of hydrogen-bond donors (Lipinski definition) is 1. The van der Waals surface area contributed by atoms with E-state index >= 15 is 0 Å². The van der Waals surface area contributed by atoms with Crippen molar-refractivity contribution in [2.75, 3.05) is 11.9 Å². The maximum atomic E-state index is 10.8. The molecule has 0 saturated carbocycles. The normalized spacial score (nSPS) is 11.3. The Morgan fingerprint density at radius 2 is 2.18 bits per heavy atom. The first-order valence-electron chi connectivity index (χ1n) is 3.39. The first-order chi connectivity index (χ1) is 4.95. The molecule has 0 radical (unpaired) electrons. The van der Waals surface area contributed by atoms with Crippen molar-refractivity contribution in [3.05, 3.63) is 0 Å². The minimum atomic E-state index is -0.969. The van der Waals surface area contributed by atoms with E-state index in [0.717, 1.165) is 0 Å². The van der Waals surface area contributed by atoms with Crippen molar-refractivity contribution in [1.29, 1.82) is 0 Å². The molecule has 0 aliphatic heterocycles. The Kier molecular flexibility index (Phi) is 4.68. The number of carbonyl (C=O) groups excluding carboxylic acids is 1. The van der Waals surface area contributed by atoms with Crippen LogP contribution in [0.3, 0.4) is 0 Å². The summed E-state index contributed by atoms with van der Waals surface area (Å²) in [6.45, 7) is 3.50. The van der Waals surface area contributed by atoms with Crippen molar-refractivity contribution < 1.29 is 14.6 Å². The first kappa shape index (κ1) is 10.9. The van der Waals surface area contributed by atoms with Crippen molar-refractivity contribution in [1.82, 2.24) is 0 Å². The second-order valence-electron chi connectivity index (χ2n) is 2.90. The fraction of sp³-hybridized carbons (Fsp3) is 0.857. The zero-order valence-electron chi connectivity index (χ0n) is 6.76. The Morgan fingerprint density at radius 1 is 1.64 bits per heavy atom. The quantitative estimate of drug-likeness (QED) is 0.575. The van der Waals surface area contributed by atoms with E-state index in [4.69, 9.17) is 4.74 Å². The average Bonchev–Trinajstić information content (AvgIpc) is 1.79. The van der Waals surface area contributed by atoms with Gasteiger partial charge in [0.2, 0.25) is 0 Å². The van der Waals surface area contributed by atoms with Crippen molar-refractivity contribution in [2.45, 2.75) is 25.9 Å². The molecule has 0 spiro atoms. The van der Waals surface area contributed by atoms with Gasteiger partial charge in [-0.3, -0.25) is 4.79 Å². The standard InChI is InChI=1S/C7H13BrO3/c1-7(2,10)5-6(9)11-4-3-8/h10H,3-5H2,1-2H3. The van der Waals surface area contributed by atoms with Crippen molar-refractivity contribution in [3.8, 4) is 0 Å². The van der Waals surface area contributed by atoms with E-state index < -0.39 is 5.60 Å². The molecule has 0 atom stereocenters. The molecule has 0 aromatic rings. The lowest BCUT2D eigenvalue weighted by Gasteiger charge is -2.15. The van der Waals surface area contributed by atoms with E-state index in [0.29, 0.717) is 11.9 Å². The number of ether oxygens (including phenoxy) is 1. The van der Waals surface area contributed by atoms with Gasteiger partial charge in [-0.1, -0.05) is 15.9 Å². The predicted molar refractivity (Wildman–Crippen MR) is 45.7 cm³/mol. The molecule has 11 heavy (non-hydrogen) atoms. The van der Waals surface area contributed by atoms with Gasteiger partial charge in [0, 0.05) is 5.33 Å². The van der Waals surface area contributed by atoms with Crippen molar-refractivity contribution in [3.63, 3.8) is 0 Å². The van der Waals surface area contributed by atoms with E-state index in [1.54, 1.807) is 13.8 Å². The van der Waals surface area contributed by atoms with E-state index in [9.17, 15) is 9.90 Å². The van der Waals surface area contributed by atoms with Crippen LogP contribution >= 0.6 is 15.9 Å². The maximum absolute atomic E-state index is 10.8. The Bertz CT molecular complexity index is 128. The molecule has 0 aliphatic carbocycles. The monoisotopic (exact) mass is 224 g/mol. The fourth-order valence-electron chi connectivity index (χ4n) is 0.557. The second-order valence-corrected chi connectivity index (χ2v) is 3.69. The van der Waals surface area contributed by atoms with Crippen molar-refractivity contribution >= 4 is 21.9 Å². The minimum Gasteiger partial charge on any atom is -0.465 e. The van der Waals surface area contributed by atoms with Gasteiger partial charge in [-0.15, -0.1) is 0 Å². The van der Waals surface area contributed by atoms with Gasteiger partial charge in [0.1, 0.15) is 6.61 Å². The number of esters is 1. The summed E-state index contributed by atoms with van der Waals surface area (Å²) in [7, 11) is 0. The first-order valence-corrected chi connectivity index (χ1v) is 4.52. The minimum absolute atomic E-state index is 0.0417. The van der Waals surface area contributed by atoms with Crippen LogP contribution in [0.4, 0.5) is 0 Å². The van der Waals surface area contributed by atoms with Crippen LogP contribution in [0.1, 0.15) is 20.3 Å². The third-order valence-electron chi connectivity index (χ3n) is 0.917. The number of carbonyl (C=O) groups is 1. The van der Waals surface area contributed by atoms with Crippen LogP contribution in [0, 0.1) is 0 Å². The number of aliphatic hydroxyl groups is 1. The van der Waals surface area contributed by atoms with Gasteiger partial charge in [0.15, 0.2) is 0 Å². The van der Waals surface area contributed by atoms with Crippen LogP contribution in [0.25, 0.3) is 0 Å². The SMILES string of the molecule is CC(C)(O)CC(=O)OCCBr. The van der Waals surface area contributed by atoms with Crippen LogP contribution in [-0.2, 0) is 9.53 Å². The molecule has 0 heterocycles. The summed E-state index contributed by atoms with van der Waals surface area (Å²) in [6, 6.07) is 0. The number of rotatable bonds is 4. The zero-order valence-corrected chi connectivity index (χ0v) is 8.35. The highest BCUT2D eigenvalue weighted by Gasteiger charge is 2.18. The molecule has 0 fully saturated rings. The third-order valence-corrected chi connectivity index (χ3v) is 1.24. The van der Waals surface area contributed by atoms with Gasteiger partial charge < -0.3 is 9.84 Å². The predicted octanol–water partition coefficient (Wildman–Crippen LogP) is 1.09. The van der Waals surface area contributed by atoms with Gasteiger partial charge in [0.05, 0.1) is 12.0 Å². The molecule has 0 aromatic heterocycles. The van der Waals surface area contributed by atoms with E-state index in [1.807, 2.05) is 0 Å². The zero-order chi connectivity index (χ0) is 8.91. The Hall–Kier alpha value is -0.0900. The number of hydrogen-bond acceptors (Lipinski definition) is 3. The van der Waals surface area contributed by atoms with Gasteiger partial charge in [0.25, 0.3) is 0 Å². The summed E-state index contributed by atoms with van der Waals surface area (Å²) in [5.74, 6) is -0.364. The lowest BCUT2D eigenvalue weighted by molar-refractivity contribution is -0.147. The van der Waals surface area contributed by atoms with Crippen LogP contribution in [-0.4, -0.2) is 28.6 Å². The van der Waals surface area contributed by atoms with E-state index in [1.165, 1.54) is 0 Å². The molecule has 4 heteroatoms. The third kappa shape index (κ3) is 7.81.